The topological polar surface area (TPSA) is 72.7 Å². The molecule has 0 aliphatic heterocycles. The van der Waals surface area contributed by atoms with E-state index in [9.17, 15) is 4.79 Å². The zero-order chi connectivity index (χ0) is 17.0. The summed E-state index contributed by atoms with van der Waals surface area (Å²) in [5.41, 5.74) is 0. The lowest BCUT2D eigenvalue weighted by atomic mass is 10.4. The summed E-state index contributed by atoms with van der Waals surface area (Å²) in [6, 6.07) is 1.52. The first kappa shape index (κ1) is 17.8. The first-order valence-corrected chi connectivity index (χ1v) is 8.35. The summed E-state index contributed by atoms with van der Waals surface area (Å²) in [5.74, 6) is 0.803. The minimum atomic E-state index is -0.407. The van der Waals surface area contributed by atoms with Crippen LogP contribution in [-0.2, 0) is 11.3 Å². The number of amides is 1. The molecule has 0 saturated heterocycles. The maximum atomic E-state index is 12.3. The molecule has 0 aliphatic carbocycles. The van der Waals surface area contributed by atoms with E-state index in [0.29, 0.717) is 16.7 Å². The van der Waals surface area contributed by atoms with E-state index < -0.39 is 5.25 Å². The van der Waals surface area contributed by atoms with Crippen LogP contribution < -0.4 is 5.32 Å². The van der Waals surface area contributed by atoms with Gasteiger partial charge in [0.05, 0.1) is 15.3 Å². The molecular weight excluding hydrogens is 357 g/mol. The third-order valence-corrected chi connectivity index (χ3v) is 4.49. The Morgan fingerprint density at radius 3 is 2.91 bits per heavy atom. The Balaban J connectivity index is 2.07. The van der Waals surface area contributed by atoms with Crippen LogP contribution in [0.4, 0.5) is 5.82 Å². The highest BCUT2D eigenvalue weighted by Gasteiger charge is 2.20. The summed E-state index contributed by atoms with van der Waals surface area (Å²) in [4.78, 5) is 16.3. The maximum absolute atomic E-state index is 12.3. The molecule has 1 atom stereocenters. The number of aromatic nitrogens is 4. The van der Waals surface area contributed by atoms with Gasteiger partial charge in [-0.15, -0.1) is 16.8 Å². The molecule has 0 radical (unpaired) electrons. The number of aryl methyl sites for hydroxylation is 1. The predicted octanol–water partition coefficient (Wildman–Crippen LogP) is 3.59. The van der Waals surface area contributed by atoms with Crippen molar-refractivity contribution < 1.29 is 4.79 Å². The molecule has 122 valence electrons. The Bertz CT molecular complexity index is 734. The Morgan fingerprint density at radius 1 is 1.52 bits per heavy atom. The number of allylic oxidation sites excluding steroid dienone is 1. The first-order valence-electron chi connectivity index (χ1n) is 6.71. The van der Waals surface area contributed by atoms with Gasteiger partial charge in [-0.2, -0.15) is 0 Å². The predicted molar refractivity (Wildman–Crippen MR) is 93.2 cm³/mol. The lowest BCUT2D eigenvalue weighted by Gasteiger charge is -2.12. The van der Waals surface area contributed by atoms with Gasteiger partial charge < -0.3 is 9.88 Å². The number of pyridine rings is 1. The monoisotopic (exact) mass is 371 g/mol. The van der Waals surface area contributed by atoms with Gasteiger partial charge in [-0.1, -0.05) is 41.0 Å². The van der Waals surface area contributed by atoms with Crippen LogP contribution in [0.5, 0.6) is 0 Å². The molecule has 9 heteroatoms. The number of carbonyl (C=O) groups is 1. The second kappa shape index (κ2) is 7.81. The van der Waals surface area contributed by atoms with Crippen LogP contribution in [0.3, 0.4) is 0 Å². The van der Waals surface area contributed by atoms with E-state index in [4.69, 9.17) is 23.2 Å². The molecule has 0 aliphatic rings. The van der Waals surface area contributed by atoms with Crippen LogP contribution in [0.1, 0.15) is 12.7 Å². The number of thioether (sulfide) groups is 1. The van der Waals surface area contributed by atoms with Gasteiger partial charge in [0, 0.05) is 12.7 Å². The van der Waals surface area contributed by atoms with Crippen molar-refractivity contribution in [2.75, 3.05) is 5.32 Å². The van der Waals surface area contributed by atoms with E-state index in [1.54, 1.807) is 13.0 Å². The zero-order valence-electron chi connectivity index (χ0n) is 12.6. The molecule has 23 heavy (non-hydrogen) atoms. The second-order valence-corrected chi connectivity index (χ2v) is 6.81. The molecule has 0 bridgehead atoms. The number of nitrogens with one attached hydrogen (secondary N) is 1. The van der Waals surface area contributed by atoms with Gasteiger partial charge in [0.2, 0.25) is 5.91 Å². The number of nitrogens with zero attached hydrogens (tertiary/aromatic N) is 4. The van der Waals surface area contributed by atoms with E-state index in [0.717, 1.165) is 5.82 Å². The normalized spacial score (nSPS) is 12.0. The van der Waals surface area contributed by atoms with Gasteiger partial charge in [-0.3, -0.25) is 4.79 Å². The molecule has 2 heterocycles. The lowest BCUT2D eigenvalue weighted by molar-refractivity contribution is -0.115. The number of halogens is 2. The number of carbonyl (C=O) groups excluding carboxylic acids is 1. The van der Waals surface area contributed by atoms with Crippen molar-refractivity contribution in [2.24, 2.45) is 0 Å². The van der Waals surface area contributed by atoms with Gasteiger partial charge in [0.1, 0.15) is 5.82 Å². The Morgan fingerprint density at radius 2 is 2.26 bits per heavy atom. The molecule has 1 N–H and O–H groups in total. The summed E-state index contributed by atoms with van der Waals surface area (Å²) in [7, 11) is 0. The van der Waals surface area contributed by atoms with Crippen LogP contribution in [0.25, 0.3) is 0 Å². The minimum Gasteiger partial charge on any atom is -0.308 e. The molecule has 1 amide bonds. The van der Waals surface area contributed by atoms with Crippen LogP contribution in [-0.4, -0.2) is 30.9 Å². The van der Waals surface area contributed by atoms with Gasteiger partial charge in [-0.05, 0) is 19.9 Å². The van der Waals surface area contributed by atoms with Gasteiger partial charge in [0.15, 0.2) is 11.0 Å². The number of anilines is 1. The molecule has 0 aromatic carbocycles. The highest BCUT2D eigenvalue weighted by molar-refractivity contribution is 8.00. The van der Waals surface area contributed by atoms with E-state index in [-0.39, 0.29) is 16.7 Å². The number of hydrogen-bond acceptors (Lipinski definition) is 5. The average Bonchev–Trinajstić information content (AvgIpc) is 2.83. The van der Waals surface area contributed by atoms with Gasteiger partial charge >= 0.3 is 0 Å². The number of hydrogen-bond donors (Lipinski definition) is 1. The van der Waals surface area contributed by atoms with E-state index in [2.05, 4.69) is 27.1 Å². The second-order valence-electron chi connectivity index (χ2n) is 4.66. The van der Waals surface area contributed by atoms with Crippen molar-refractivity contribution in [3.05, 3.63) is 40.8 Å². The quantitative estimate of drug-likeness (QED) is 0.620. The molecule has 2 aromatic heterocycles. The third-order valence-electron chi connectivity index (χ3n) is 2.91. The van der Waals surface area contributed by atoms with Crippen molar-refractivity contribution in [3.8, 4) is 0 Å². The fourth-order valence-electron chi connectivity index (χ4n) is 1.72. The Labute approximate surface area is 148 Å². The van der Waals surface area contributed by atoms with Crippen molar-refractivity contribution in [1.82, 2.24) is 19.7 Å². The average molecular weight is 372 g/mol. The van der Waals surface area contributed by atoms with Gasteiger partial charge in [0.25, 0.3) is 0 Å². The SMILES string of the molecule is C=CCn1c(C)nnc1S[C@@H](C)C(=O)Nc1ncc(Cl)cc1Cl. The highest BCUT2D eigenvalue weighted by Crippen LogP contribution is 2.26. The summed E-state index contributed by atoms with van der Waals surface area (Å²) in [6.07, 6.45) is 3.17. The van der Waals surface area contributed by atoms with Crippen molar-refractivity contribution >= 4 is 46.7 Å². The summed E-state index contributed by atoms with van der Waals surface area (Å²) >= 11 is 13.1. The number of rotatable bonds is 6. The van der Waals surface area contributed by atoms with E-state index in [1.807, 2.05) is 11.5 Å². The minimum absolute atomic E-state index is 0.238. The molecule has 0 saturated carbocycles. The molecule has 0 spiro atoms. The first-order chi connectivity index (χ1) is 10.9. The molecule has 0 unspecified atom stereocenters. The summed E-state index contributed by atoms with van der Waals surface area (Å²) in [6.45, 7) is 7.91. The molecule has 0 fully saturated rings. The maximum Gasteiger partial charge on any atom is 0.238 e. The zero-order valence-corrected chi connectivity index (χ0v) is 14.9. The fourth-order valence-corrected chi connectivity index (χ4v) is 3.06. The van der Waals surface area contributed by atoms with Crippen molar-refractivity contribution in [3.63, 3.8) is 0 Å². The van der Waals surface area contributed by atoms with Crippen LogP contribution in [0.15, 0.2) is 30.1 Å². The Hall–Kier alpha value is -1.57. The largest absolute Gasteiger partial charge is 0.308 e. The summed E-state index contributed by atoms with van der Waals surface area (Å²) in [5, 5.41) is 11.7. The molecule has 2 aromatic rings. The van der Waals surface area contributed by atoms with E-state index in [1.165, 1.54) is 24.0 Å². The van der Waals surface area contributed by atoms with Crippen molar-refractivity contribution in [2.45, 2.75) is 30.8 Å². The lowest BCUT2D eigenvalue weighted by Crippen LogP contribution is -2.23. The Kier molecular flexibility index (Phi) is 6.04. The van der Waals surface area contributed by atoms with Crippen LogP contribution in [0.2, 0.25) is 10.0 Å². The third kappa shape index (κ3) is 4.46. The molecule has 2 rings (SSSR count). The molecule has 6 nitrogen and oxygen atoms in total. The smallest absolute Gasteiger partial charge is 0.238 e. The standard InChI is InChI=1S/C14H15Cl2N5OS/c1-4-5-21-9(3)19-20-14(21)23-8(2)13(22)18-12-11(16)6-10(15)7-17-12/h4,6-8H,1,5H2,2-3H3,(H,17,18,22)/t8-/m0/s1. The van der Waals surface area contributed by atoms with E-state index >= 15 is 0 Å². The van der Waals surface area contributed by atoms with Gasteiger partial charge in [-0.25, -0.2) is 4.98 Å². The molecular formula is C14H15Cl2N5OS. The van der Waals surface area contributed by atoms with Crippen LogP contribution >= 0.6 is 35.0 Å². The van der Waals surface area contributed by atoms with Crippen molar-refractivity contribution in [1.29, 1.82) is 0 Å². The highest BCUT2D eigenvalue weighted by atomic mass is 35.5. The fraction of sp³-hybridized carbons (Fsp3) is 0.286. The van der Waals surface area contributed by atoms with Crippen LogP contribution in [0, 0.1) is 6.92 Å². The summed E-state index contributed by atoms with van der Waals surface area (Å²) < 4.78 is 1.88.